The van der Waals surface area contributed by atoms with Gasteiger partial charge in [0.15, 0.2) is 0 Å². The molecule has 0 aromatic heterocycles. The Morgan fingerprint density at radius 1 is 1.12 bits per heavy atom. The van der Waals surface area contributed by atoms with Gasteiger partial charge in [0.25, 0.3) is 0 Å². The third kappa shape index (κ3) is 3.67. The molecule has 1 aliphatic heterocycles. The van der Waals surface area contributed by atoms with E-state index in [0.717, 1.165) is 38.9 Å². The smallest absolute Gasteiger partial charge is 0.0580 e. The first-order valence-electron chi connectivity index (χ1n) is 7.25. The van der Waals surface area contributed by atoms with Gasteiger partial charge in [-0.25, -0.2) is 0 Å². The van der Waals surface area contributed by atoms with Crippen LogP contribution in [0.3, 0.4) is 0 Å². The van der Waals surface area contributed by atoms with E-state index < -0.39 is 0 Å². The number of hydrogen-bond acceptors (Lipinski definition) is 3. The van der Waals surface area contributed by atoms with Crippen LogP contribution >= 0.6 is 0 Å². The molecule has 2 aliphatic rings. The molecule has 3 heteroatoms. The van der Waals surface area contributed by atoms with Gasteiger partial charge in [0.1, 0.15) is 0 Å². The van der Waals surface area contributed by atoms with E-state index in [2.05, 4.69) is 4.90 Å². The Morgan fingerprint density at radius 2 is 1.76 bits per heavy atom. The number of piperidine rings is 1. The standard InChI is InChI=1S/C14H27NO2/c1-11(16)12-6-8-15(9-7-12)10-13-4-2-3-5-14(13)17/h11-14,16-17H,2-10H2,1H3. The molecule has 0 bridgehead atoms. The van der Waals surface area contributed by atoms with Crippen molar-refractivity contribution in [2.45, 2.75) is 57.7 Å². The lowest BCUT2D eigenvalue weighted by atomic mass is 9.85. The molecular weight excluding hydrogens is 214 g/mol. The van der Waals surface area contributed by atoms with Crippen LogP contribution in [-0.4, -0.2) is 47.0 Å². The van der Waals surface area contributed by atoms with Gasteiger partial charge in [-0.1, -0.05) is 12.8 Å². The summed E-state index contributed by atoms with van der Waals surface area (Å²) in [5.41, 5.74) is 0. The molecule has 0 spiro atoms. The number of aliphatic hydroxyl groups is 2. The van der Waals surface area contributed by atoms with E-state index in [1.54, 1.807) is 0 Å². The Labute approximate surface area is 105 Å². The number of aliphatic hydroxyl groups excluding tert-OH is 2. The fourth-order valence-corrected chi connectivity index (χ4v) is 3.35. The molecule has 0 aromatic rings. The molecule has 0 radical (unpaired) electrons. The zero-order valence-electron chi connectivity index (χ0n) is 11.0. The Bertz CT molecular complexity index is 224. The summed E-state index contributed by atoms with van der Waals surface area (Å²) < 4.78 is 0. The summed E-state index contributed by atoms with van der Waals surface area (Å²) in [5, 5.41) is 19.5. The van der Waals surface area contributed by atoms with Crippen LogP contribution in [0.1, 0.15) is 45.4 Å². The average molecular weight is 241 g/mol. The van der Waals surface area contributed by atoms with Gasteiger partial charge in [0.2, 0.25) is 0 Å². The maximum absolute atomic E-state index is 9.97. The van der Waals surface area contributed by atoms with Gasteiger partial charge in [-0.3, -0.25) is 0 Å². The quantitative estimate of drug-likeness (QED) is 0.789. The molecule has 2 fully saturated rings. The van der Waals surface area contributed by atoms with E-state index in [1.807, 2.05) is 6.92 Å². The highest BCUT2D eigenvalue weighted by molar-refractivity contribution is 4.81. The maximum Gasteiger partial charge on any atom is 0.0580 e. The Balaban J connectivity index is 1.73. The van der Waals surface area contributed by atoms with Crippen molar-refractivity contribution in [1.29, 1.82) is 0 Å². The van der Waals surface area contributed by atoms with Gasteiger partial charge < -0.3 is 15.1 Å². The topological polar surface area (TPSA) is 43.7 Å². The SMILES string of the molecule is CC(O)C1CCN(CC2CCCCC2O)CC1. The van der Waals surface area contributed by atoms with Crippen molar-refractivity contribution >= 4 is 0 Å². The van der Waals surface area contributed by atoms with E-state index in [9.17, 15) is 10.2 Å². The lowest BCUT2D eigenvalue weighted by Gasteiger charge is -2.37. The molecular formula is C14H27NO2. The number of rotatable bonds is 3. The highest BCUT2D eigenvalue weighted by Crippen LogP contribution is 2.27. The van der Waals surface area contributed by atoms with E-state index in [4.69, 9.17) is 0 Å². The molecule has 0 amide bonds. The molecule has 3 nitrogen and oxygen atoms in total. The van der Waals surface area contributed by atoms with Crippen molar-refractivity contribution in [3.05, 3.63) is 0 Å². The van der Waals surface area contributed by atoms with E-state index in [0.29, 0.717) is 11.8 Å². The van der Waals surface area contributed by atoms with Crippen LogP contribution in [0, 0.1) is 11.8 Å². The van der Waals surface area contributed by atoms with Gasteiger partial charge in [-0.15, -0.1) is 0 Å². The van der Waals surface area contributed by atoms with E-state index in [1.165, 1.54) is 19.3 Å². The summed E-state index contributed by atoms with van der Waals surface area (Å²) in [7, 11) is 0. The second-order valence-corrected chi connectivity index (χ2v) is 5.99. The largest absolute Gasteiger partial charge is 0.393 e. The molecule has 0 aromatic carbocycles. The summed E-state index contributed by atoms with van der Waals surface area (Å²) >= 11 is 0. The third-order valence-corrected chi connectivity index (χ3v) is 4.68. The average Bonchev–Trinajstić information content (AvgIpc) is 2.33. The van der Waals surface area contributed by atoms with Crippen LogP contribution in [-0.2, 0) is 0 Å². The molecule has 2 N–H and O–H groups in total. The Hall–Kier alpha value is -0.120. The number of likely N-dealkylation sites (tertiary alicyclic amines) is 1. The van der Waals surface area contributed by atoms with Crippen LogP contribution in [0.5, 0.6) is 0 Å². The lowest BCUT2D eigenvalue weighted by Crippen LogP contribution is -2.42. The molecule has 3 unspecified atom stereocenters. The first-order valence-corrected chi connectivity index (χ1v) is 7.25. The second-order valence-electron chi connectivity index (χ2n) is 5.99. The second kappa shape index (κ2) is 6.17. The number of hydrogen-bond donors (Lipinski definition) is 2. The van der Waals surface area contributed by atoms with Crippen molar-refractivity contribution < 1.29 is 10.2 Å². The first-order chi connectivity index (χ1) is 8.16. The predicted octanol–water partition coefficient (Wildman–Crippen LogP) is 1.63. The normalized spacial score (nSPS) is 34.8. The van der Waals surface area contributed by atoms with Crippen molar-refractivity contribution in [1.82, 2.24) is 4.90 Å². The zero-order chi connectivity index (χ0) is 12.3. The molecule has 1 heterocycles. The summed E-state index contributed by atoms with van der Waals surface area (Å²) in [6.07, 6.45) is 6.66. The van der Waals surface area contributed by atoms with Crippen LogP contribution < -0.4 is 0 Å². The molecule has 3 atom stereocenters. The third-order valence-electron chi connectivity index (χ3n) is 4.68. The molecule has 1 aliphatic carbocycles. The molecule has 1 saturated carbocycles. The highest BCUT2D eigenvalue weighted by Gasteiger charge is 2.28. The van der Waals surface area contributed by atoms with Crippen LogP contribution in [0.2, 0.25) is 0 Å². The minimum absolute atomic E-state index is 0.0711. The van der Waals surface area contributed by atoms with Gasteiger partial charge >= 0.3 is 0 Å². The predicted molar refractivity (Wildman–Crippen MR) is 68.8 cm³/mol. The van der Waals surface area contributed by atoms with Gasteiger partial charge in [-0.05, 0) is 57.5 Å². The fraction of sp³-hybridized carbons (Fsp3) is 1.00. The van der Waals surface area contributed by atoms with E-state index in [-0.39, 0.29) is 12.2 Å². The van der Waals surface area contributed by atoms with Crippen LogP contribution in [0.15, 0.2) is 0 Å². The summed E-state index contributed by atoms with van der Waals surface area (Å²) in [5.74, 6) is 0.981. The Kier molecular flexibility index (Phi) is 4.83. The van der Waals surface area contributed by atoms with Crippen molar-refractivity contribution in [2.75, 3.05) is 19.6 Å². The summed E-state index contributed by atoms with van der Waals surface area (Å²) in [4.78, 5) is 2.48. The molecule has 17 heavy (non-hydrogen) atoms. The summed E-state index contributed by atoms with van der Waals surface area (Å²) in [6, 6.07) is 0. The minimum Gasteiger partial charge on any atom is -0.393 e. The maximum atomic E-state index is 9.97. The summed E-state index contributed by atoms with van der Waals surface area (Å²) in [6.45, 7) is 5.16. The lowest BCUT2D eigenvalue weighted by molar-refractivity contribution is 0.0251. The molecule has 100 valence electrons. The van der Waals surface area contributed by atoms with Gasteiger partial charge in [0, 0.05) is 6.54 Å². The van der Waals surface area contributed by atoms with Crippen molar-refractivity contribution in [3.8, 4) is 0 Å². The minimum atomic E-state index is -0.155. The van der Waals surface area contributed by atoms with Gasteiger partial charge in [0.05, 0.1) is 12.2 Å². The highest BCUT2D eigenvalue weighted by atomic mass is 16.3. The molecule has 1 saturated heterocycles. The van der Waals surface area contributed by atoms with Crippen LogP contribution in [0.4, 0.5) is 0 Å². The number of nitrogens with zero attached hydrogens (tertiary/aromatic N) is 1. The first kappa shape index (κ1) is 13.3. The monoisotopic (exact) mass is 241 g/mol. The van der Waals surface area contributed by atoms with Gasteiger partial charge in [-0.2, -0.15) is 0 Å². The Morgan fingerprint density at radius 3 is 2.35 bits per heavy atom. The molecule has 2 rings (SSSR count). The van der Waals surface area contributed by atoms with Crippen molar-refractivity contribution in [3.63, 3.8) is 0 Å². The van der Waals surface area contributed by atoms with Crippen molar-refractivity contribution in [2.24, 2.45) is 11.8 Å². The fourth-order valence-electron chi connectivity index (χ4n) is 3.35. The zero-order valence-corrected chi connectivity index (χ0v) is 11.0. The van der Waals surface area contributed by atoms with E-state index >= 15 is 0 Å². The van der Waals surface area contributed by atoms with Crippen LogP contribution in [0.25, 0.3) is 0 Å².